The number of ether oxygens (including phenoxy) is 1. The van der Waals surface area contributed by atoms with Gasteiger partial charge in [0, 0.05) is 10.9 Å². The molecule has 2 aromatic carbocycles. The van der Waals surface area contributed by atoms with Crippen molar-refractivity contribution >= 4 is 22.9 Å². The van der Waals surface area contributed by atoms with Gasteiger partial charge in [-0.25, -0.2) is 4.98 Å². The number of aromatic hydroxyl groups is 1. The van der Waals surface area contributed by atoms with Crippen molar-refractivity contribution in [3.63, 3.8) is 0 Å². The summed E-state index contributed by atoms with van der Waals surface area (Å²) >= 11 is 1.57. The second-order valence-electron chi connectivity index (χ2n) is 5.65. The van der Waals surface area contributed by atoms with Crippen molar-refractivity contribution in [2.45, 2.75) is 20.5 Å². The number of thiazole rings is 1. The SMILES string of the molecule is Cc1ccc(NC(=O)c2cccc(OCc3csc(C)n3)c2)c(O)c1. The maximum absolute atomic E-state index is 12.4. The van der Waals surface area contributed by atoms with E-state index < -0.39 is 0 Å². The minimum absolute atomic E-state index is 0.0413. The second kappa shape index (κ2) is 7.36. The highest BCUT2D eigenvalue weighted by atomic mass is 32.1. The van der Waals surface area contributed by atoms with Crippen LogP contribution in [0.2, 0.25) is 0 Å². The number of nitrogens with zero attached hydrogens (tertiary/aromatic N) is 1. The van der Waals surface area contributed by atoms with E-state index in [0.717, 1.165) is 16.3 Å². The van der Waals surface area contributed by atoms with Gasteiger partial charge in [0.05, 0.1) is 16.4 Å². The van der Waals surface area contributed by atoms with Crippen molar-refractivity contribution < 1.29 is 14.6 Å². The fraction of sp³-hybridized carbons (Fsp3) is 0.158. The molecule has 2 N–H and O–H groups in total. The molecule has 0 aliphatic carbocycles. The van der Waals surface area contributed by atoms with E-state index >= 15 is 0 Å². The number of amides is 1. The summed E-state index contributed by atoms with van der Waals surface area (Å²) in [4.78, 5) is 16.7. The first kappa shape index (κ1) is 17.0. The molecule has 0 aliphatic heterocycles. The first-order valence-electron chi connectivity index (χ1n) is 7.76. The van der Waals surface area contributed by atoms with Gasteiger partial charge in [-0.05, 0) is 49.7 Å². The van der Waals surface area contributed by atoms with Crippen LogP contribution in [0.15, 0.2) is 47.8 Å². The lowest BCUT2D eigenvalue weighted by atomic mass is 10.1. The molecule has 128 valence electrons. The largest absolute Gasteiger partial charge is 0.506 e. The van der Waals surface area contributed by atoms with Crippen molar-refractivity contribution in [1.29, 1.82) is 0 Å². The maximum Gasteiger partial charge on any atom is 0.255 e. The monoisotopic (exact) mass is 354 g/mol. The van der Waals surface area contributed by atoms with Gasteiger partial charge in [-0.15, -0.1) is 11.3 Å². The Bertz CT molecular complexity index is 905. The molecule has 1 aromatic heterocycles. The number of aryl methyl sites for hydroxylation is 2. The van der Waals surface area contributed by atoms with Gasteiger partial charge in [0.15, 0.2) is 0 Å². The van der Waals surface area contributed by atoms with E-state index in [0.29, 0.717) is 23.6 Å². The lowest BCUT2D eigenvalue weighted by Gasteiger charge is -2.09. The molecule has 0 radical (unpaired) electrons. The average Bonchev–Trinajstić information content (AvgIpc) is 3.01. The third-order valence-corrected chi connectivity index (χ3v) is 4.37. The highest BCUT2D eigenvalue weighted by Crippen LogP contribution is 2.25. The Balaban J connectivity index is 1.68. The number of nitrogens with one attached hydrogen (secondary N) is 1. The molecule has 0 saturated carbocycles. The fourth-order valence-electron chi connectivity index (χ4n) is 2.30. The number of carbonyl (C=O) groups is 1. The van der Waals surface area contributed by atoms with Crippen molar-refractivity contribution in [3.05, 3.63) is 69.7 Å². The summed E-state index contributed by atoms with van der Waals surface area (Å²) in [6.07, 6.45) is 0. The van der Waals surface area contributed by atoms with Gasteiger partial charge in [-0.1, -0.05) is 12.1 Å². The minimum atomic E-state index is -0.311. The number of phenolic OH excluding ortho intramolecular Hbond substituents is 1. The van der Waals surface area contributed by atoms with Crippen molar-refractivity contribution in [1.82, 2.24) is 4.98 Å². The molecule has 6 heteroatoms. The third kappa shape index (κ3) is 4.36. The smallest absolute Gasteiger partial charge is 0.255 e. The molecule has 25 heavy (non-hydrogen) atoms. The van der Waals surface area contributed by atoms with E-state index in [1.807, 2.05) is 25.3 Å². The Morgan fingerprint density at radius 3 is 2.80 bits per heavy atom. The standard InChI is InChI=1S/C19H18N2O3S/c1-12-6-7-17(18(22)8-12)21-19(23)14-4-3-5-16(9-14)24-10-15-11-25-13(2)20-15/h3-9,11,22H,10H2,1-2H3,(H,21,23). The number of aromatic nitrogens is 1. The molecule has 3 rings (SSSR count). The number of anilines is 1. The van der Waals surface area contributed by atoms with Gasteiger partial charge in [-0.2, -0.15) is 0 Å². The molecular formula is C19H18N2O3S. The van der Waals surface area contributed by atoms with E-state index in [4.69, 9.17) is 4.74 Å². The Labute approximate surface area is 149 Å². The Kier molecular flexibility index (Phi) is 5.00. The van der Waals surface area contributed by atoms with Crippen LogP contribution < -0.4 is 10.1 Å². The fourth-order valence-corrected chi connectivity index (χ4v) is 2.90. The topological polar surface area (TPSA) is 71.5 Å². The van der Waals surface area contributed by atoms with Gasteiger partial charge >= 0.3 is 0 Å². The minimum Gasteiger partial charge on any atom is -0.506 e. The lowest BCUT2D eigenvalue weighted by molar-refractivity contribution is 0.102. The van der Waals surface area contributed by atoms with Crippen LogP contribution in [0.25, 0.3) is 0 Å². The second-order valence-corrected chi connectivity index (χ2v) is 6.71. The predicted molar refractivity (Wildman–Crippen MR) is 98.4 cm³/mol. The summed E-state index contributed by atoms with van der Waals surface area (Å²) in [6, 6.07) is 12.0. The summed E-state index contributed by atoms with van der Waals surface area (Å²) in [6.45, 7) is 4.17. The zero-order valence-electron chi connectivity index (χ0n) is 13.9. The highest BCUT2D eigenvalue weighted by molar-refractivity contribution is 7.09. The molecule has 0 saturated heterocycles. The van der Waals surface area contributed by atoms with Crippen molar-refractivity contribution in [2.24, 2.45) is 0 Å². The van der Waals surface area contributed by atoms with Crippen LogP contribution in [-0.4, -0.2) is 16.0 Å². The van der Waals surface area contributed by atoms with Gasteiger partial charge in [0.1, 0.15) is 18.1 Å². The Hall–Kier alpha value is -2.86. The quantitative estimate of drug-likeness (QED) is 0.670. The van der Waals surface area contributed by atoms with Crippen LogP contribution in [0.5, 0.6) is 11.5 Å². The molecule has 0 atom stereocenters. The zero-order chi connectivity index (χ0) is 17.8. The molecule has 0 spiro atoms. The maximum atomic E-state index is 12.4. The van der Waals surface area contributed by atoms with Crippen LogP contribution >= 0.6 is 11.3 Å². The van der Waals surface area contributed by atoms with Gasteiger partial charge in [0.2, 0.25) is 0 Å². The molecule has 0 fully saturated rings. The van der Waals surface area contributed by atoms with Gasteiger partial charge in [-0.3, -0.25) is 4.79 Å². The number of phenols is 1. The molecule has 5 nitrogen and oxygen atoms in total. The molecule has 0 bridgehead atoms. The number of benzene rings is 2. The summed E-state index contributed by atoms with van der Waals surface area (Å²) in [7, 11) is 0. The van der Waals surface area contributed by atoms with Gasteiger partial charge < -0.3 is 15.2 Å². The predicted octanol–water partition coefficient (Wildman–Crippen LogP) is 4.30. The van der Waals surface area contributed by atoms with Crippen molar-refractivity contribution in [2.75, 3.05) is 5.32 Å². The highest BCUT2D eigenvalue weighted by Gasteiger charge is 2.10. The van der Waals surface area contributed by atoms with Crippen LogP contribution in [0.4, 0.5) is 5.69 Å². The van der Waals surface area contributed by atoms with Crippen LogP contribution in [0.1, 0.15) is 26.6 Å². The molecule has 3 aromatic rings. The van der Waals surface area contributed by atoms with Crippen LogP contribution in [0, 0.1) is 13.8 Å². The molecular weight excluding hydrogens is 336 g/mol. The third-order valence-electron chi connectivity index (χ3n) is 3.55. The normalized spacial score (nSPS) is 10.5. The number of hydrogen-bond donors (Lipinski definition) is 2. The van der Waals surface area contributed by atoms with E-state index in [9.17, 15) is 9.90 Å². The van der Waals surface area contributed by atoms with E-state index in [2.05, 4.69) is 10.3 Å². The molecule has 0 unspecified atom stereocenters. The molecule has 0 aliphatic rings. The average molecular weight is 354 g/mol. The summed E-state index contributed by atoms with van der Waals surface area (Å²) in [5.74, 6) is 0.320. The van der Waals surface area contributed by atoms with Crippen LogP contribution in [-0.2, 0) is 6.61 Å². The van der Waals surface area contributed by atoms with Crippen molar-refractivity contribution in [3.8, 4) is 11.5 Å². The zero-order valence-corrected chi connectivity index (χ0v) is 14.8. The Morgan fingerprint density at radius 1 is 1.24 bits per heavy atom. The Morgan fingerprint density at radius 2 is 2.08 bits per heavy atom. The van der Waals surface area contributed by atoms with E-state index in [-0.39, 0.29) is 11.7 Å². The van der Waals surface area contributed by atoms with Crippen LogP contribution in [0.3, 0.4) is 0 Å². The first-order valence-corrected chi connectivity index (χ1v) is 8.64. The number of rotatable bonds is 5. The molecule has 1 amide bonds. The summed E-state index contributed by atoms with van der Waals surface area (Å²) < 4.78 is 5.70. The first-order chi connectivity index (χ1) is 12.0. The summed E-state index contributed by atoms with van der Waals surface area (Å²) in [5, 5.41) is 15.6. The summed E-state index contributed by atoms with van der Waals surface area (Å²) in [5.41, 5.74) is 2.61. The van der Waals surface area contributed by atoms with E-state index in [1.54, 1.807) is 47.7 Å². The van der Waals surface area contributed by atoms with E-state index in [1.165, 1.54) is 0 Å². The molecule has 1 heterocycles. The lowest BCUT2D eigenvalue weighted by Crippen LogP contribution is -2.12. The number of carbonyl (C=O) groups excluding carboxylic acids is 1. The number of hydrogen-bond acceptors (Lipinski definition) is 5. The van der Waals surface area contributed by atoms with Gasteiger partial charge in [0.25, 0.3) is 5.91 Å².